The summed E-state index contributed by atoms with van der Waals surface area (Å²) in [5, 5.41) is 0. The van der Waals surface area contributed by atoms with E-state index in [4.69, 9.17) is 5.73 Å². The van der Waals surface area contributed by atoms with Crippen molar-refractivity contribution in [1.29, 1.82) is 0 Å². The normalized spacial score (nSPS) is 17.0. The van der Waals surface area contributed by atoms with Crippen molar-refractivity contribution in [2.45, 2.75) is 12.3 Å². The van der Waals surface area contributed by atoms with E-state index in [-0.39, 0.29) is 5.75 Å². The minimum Gasteiger partial charge on any atom is -0.370 e. The van der Waals surface area contributed by atoms with E-state index < -0.39 is 9.84 Å². The predicted octanol–water partition coefficient (Wildman–Crippen LogP) is 1.09. The van der Waals surface area contributed by atoms with Crippen molar-refractivity contribution in [3.8, 4) is 0 Å². The summed E-state index contributed by atoms with van der Waals surface area (Å²) in [5.74, 6) is 2.80. The summed E-state index contributed by atoms with van der Waals surface area (Å²) in [4.78, 5) is 6.51. The zero-order valence-corrected chi connectivity index (χ0v) is 13.8. The number of guanidine groups is 1. The summed E-state index contributed by atoms with van der Waals surface area (Å²) in [6.07, 6.45) is 1.24. The molecule has 1 saturated heterocycles. The third-order valence-electron chi connectivity index (χ3n) is 3.18. The minimum atomic E-state index is -3.01. The zero-order valence-electron chi connectivity index (χ0n) is 12.2. The Morgan fingerprint density at radius 3 is 2.67 bits per heavy atom. The molecule has 1 aromatic carbocycles. The van der Waals surface area contributed by atoms with Crippen LogP contribution in [0, 0.1) is 0 Å². The highest BCUT2D eigenvalue weighted by Crippen LogP contribution is 2.11. The van der Waals surface area contributed by atoms with Crippen molar-refractivity contribution < 1.29 is 8.42 Å². The number of nitrogens with two attached hydrogens (primary N) is 1. The van der Waals surface area contributed by atoms with Gasteiger partial charge in [-0.1, -0.05) is 24.3 Å². The Morgan fingerprint density at radius 1 is 1.33 bits per heavy atom. The molecule has 1 aromatic rings. The number of nitrogens with zero attached hydrogens (tertiary/aromatic N) is 2. The molecule has 1 fully saturated rings. The molecule has 5 nitrogen and oxygen atoms in total. The molecular weight excluding hydrogens is 306 g/mol. The van der Waals surface area contributed by atoms with E-state index in [0.717, 1.165) is 35.7 Å². The van der Waals surface area contributed by atoms with E-state index in [1.54, 1.807) is 0 Å². The van der Waals surface area contributed by atoms with Gasteiger partial charge in [0.25, 0.3) is 0 Å². The van der Waals surface area contributed by atoms with Gasteiger partial charge in [0.1, 0.15) is 0 Å². The zero-order chi connectivity index (χ0) is 15.3. The van der Waals surface area contributed by atoms with E-state index in [9.17, 15) is 8.42 Å². The summed E-state index contributed by atoms with van der Waals surface area (Å²) >= 11 is 1.93. The second kappa shape index (κ2) is 7.17. The van der Waals surface area contributed by atoms with Crippen LogP contribution in [0.3, 0.4) is 0 Å². The molecule has 0 unspecified atom stereocenters. The second-order valence-corrected chi connectivity index (χ2v) is 8.53. The number of hydrogen-bond donors (Lipinski definition) is 1. The van der Waals surface area contributed by atoms with Gasteiger partial charge in [-0.3, -0.25) is 0 Å². The van der Waals surface area contributed by atoms with Crippen LogP contribution < -0.4 is 5.73 Å². The fraction of sp³-hybridized carbons (Fsp3) is 0.500. The van der Waals surface area contributed by atoms with Gasteiger partial charge in [-0.05, 0) is 11.1 Å². The molecule has 0 aliphatic carbocycles. The molecule has 0 bridgehead atoms. The van der Waals surface area contributed by atoms with E-state index >= 15 is 0 Å². The molecule has 0 radical (unpaired) electrons. The first-order chi connectivity index (χ1) is 9.94. The van der Waals surface area contributed by atoms with Crippen molar-refractivity contribution in [3.63, 3.8) is 0 Å². The average molecular weight is 327 g/mol. The summed E-state index contributed by atoms with van der Waals surface area (Å²) < 4.78 is 22.7. The quantitative estimate of drug-likeness (QED) is 0.662. The van der Waals surface area contributed by atoms with Gasteiger partial charge in [0.15, 0.2) is 15.8 Å². The molecule has 0 aromatic heterocycles. The molecule has 0 spiro atoms. The molecule has 0 amide bonds. The molecule has 2 N–H and O–H groups in total. The lowest BCUT2D eigenvalue weighted by Gasteiger charge is -2.27. The van der Waals surface area contributed by atoms with Crippen LogP contribution in [0.1, 0.15) is 11.1 Å². The van der Waals surface area contributed by atoms with Crippen molar-refractivity contribution in [2.75, 3.05) is 30.9 Å². The fourth-order valence-corrected chi connectivity index (χ4v) is 3.87. The maximum Gasteiger partial charge on any atom is 0.191 e. The largest absolute Gasteiger partial charge is 0.370 e. The molecule has 0 atom stereocenters. The van der Waals surface area contributed by atoms with Gasteiger partial charge in [0, 0.05) is 30.9 Å². The van der Waals surface area contributed by atoms with E-state index in [0.29, 0.717) is 12.5 Å². The SMILES string of the molecule is CS(=O)(=O)Cc1cccc(CN=C(N)N2CCSCC2)c1. The summed E-state index contributed by atoms with van der Waals surface area (Å²) in [7, 11) is -3.01. The number of thioether (sulfide) groups is 1. The Labute approximate surface area is 130 Å². The van der Waals surface area contributed by atoms with Crippen molar-refractivity contribution in [2.24, 2.45) is 10.7 Å². The fourth-order valence-electron chi connectivity index (χ4n) is 2.19. The van der Waals surface area contributed by atoms with Crippen LogP contribution in [0.25, 0.3) is 0 Å². The third kappa shape index (κ3) is 5.59. The Balaban J connectivity index is 2.00. The molecule has 1 aliphatic rings. The summed E-state index contributed by atoms with van der Waals surface area (Å²) in [5.41, 5.74) is 7.77. The first-order valence-electron chi connectivity index (χ1n) is 6.82. The van der Waals surface area contributed by atoms with E-state index in [2.05, 4.69) is 9.89 Å². The van der Waals surface area contributed by atoms with E-state index in [1.165, 1.54) is 6.26 Å². The minimum absolute atomic E-state index is 0.0589. The Kier molecular flexibility index (Phi) is 5.52. The first kappa shape index (κ1) is 16.2. The summed E-state index contributed by atoms with van der Waals surface area (Å²) in [6.45, 7) is 2.36. The van der Waals surface area contributed by atoms with Gasteiger partial charge in [-0.25, -0.2) is 13.4 Å². The molecule has 7 heteroatoms. The van der Waals surface area contributed by atoms with Crippen LogP contribution in [0.5, 0.6) is 0 Å². The molecule has 1 heterocycles. The van der Waals surface area contributed by atoms with Crippen LogP contribution in [0.2, 0.25) is 0 Å². The van der Waals surface area contributed by atoms with Gasteiger partial charge in [0.2, 0.25) is 0 Å². The topological polar surface area (TPSA) is 75.8 Å². The Bertz CT molecular complexity index is 608. The van der Waals surface area contributed by atoms with Gasteiger partial charge < -0.3 is 10.6 Å². The number of hydrogen-bond acceptors (Lipinski definition) is 4. The smallest absolute Gasteiger partial charge is 0.191 e. The number of sulfone groups is 1. The highest BCUT2D eigenvalue weighted by Gasteiger charge is 2.12. The van der Waals surface area contributed by atoms with Crippen LogP contribution in [-0.4, -0.2) is 50.1 Å². The first-order valence-corrected chi connectivity index (χ1v) is 10.0. The Morgan fingerprint density at radius 2 is 2.00 bits per heavy atom. The van der Waals surface area contributed by atoms with Crippen molar-refractivity contribution in [3.05, 3.63) is 35.4 Å². The maximum absolute atomic E-state index is 11.3. The standard InChI is InChI=1S/C14H21N3O2S2/c1-21(18,19)11-13-4-2-3-12(9-13)10-16-14(15)17-5-7-20-8-6-17/h2-4,9H,5-8,10-11H2,1H3,(H2,15,16). The lowest BCUT2D eigenvalue weighted by molar-refractivity contribution is 0.455. The summed E-state index contributed by atoms with van der Waals surface area (Å²) in [6, 6.07) is 7.50. The monoisotopic (exact) mass is 327 g/mol. The second-order valence-electron chi connectivity index (χ2n) is 5.16. The van der Waals surface area contributed by atoms with Gasteiger partial charge in [0.05, 0.1) is 12.3 Å². The maximum atomic E-state index is 11.3. The number of aliphatic imine (C=N–C) groups is 1. The van der Waals surface area contributed by atoms with Crippen LogP contribution in [0.15, 0.2) is 29.3 Å². The average Bonchev–Trinajstić information content (AvgIpc) is 2.44. The van der Waals surface area contributed by atoms with E-state index in [1.807, 2.05) is 36.0 Å². The van der Waals surface area contributed by atoms with Crippen molar-refractivity contribution in [1.82, 2.24) is 4.90 Å². The molecule has 116 valence electrons. The van der Waals surface area contributed by atoms with Gasteiger partial charge in [-0.15, -0.1) is 0 Å². The lowest BCUT2D eigenvalue weighted by Crippen LogP contribution is -2.42. The van der Waals surface area contributed by atoms with Crippen LogP contribution >= 0.6 is 11.8 Å². The van der Waals surface area contributed by atoms with Crippen LogP contribution in [-0.2, 0) is 22.1 Å². The number of rotatable bonds is 4. The highest BCUT2D eigenvalue weighted by atomic mass is 32.2. The Hall–Kier alpha value is -1.21. The van der Waals surface area contributed by atoms with Crippen molar-refractivity contribution >= 4 is 27.6 Å². The van der Waals surface area contributed by atoms with Gasteiger partial charge in [-0.2, -0.15) is 11.8 Å². The molecule has 0 saturated carbocycles. The predicted molar refractivity (Wildman–Crippen MR) is 89.2 cm³/mol. The molecular formula is C14H21N3O2S2. The highest BCUT2D eigenvalue weighted by molar-refractivity contribution is 7.99. The molecule has 2 rings (SSSR count). The lowest BCUT2D eigenvalue weighted by atomic mass is 10.1. The molecule has 1 aliphatic heterocycles. The number of benzene rings is 1. The third-order valence-corrected chi connectivity index (χ3v) is 4.98. The van der Waals surface area contributed by atoms with Crippen LogP contribution in [0.4, 0.5) is 0 Å². The van der Waals surface area contributed by atoms with Gasteiger partial charge >= 0.3 is 0 Å². The molecule has 21 heavy (non-hydrogen) atoms.